The Morgan fingerprint density at radius 1 is 0.556 bits per heavy atom. The molecule has 13 amide bonds. The molecule has 0 spiro atoms. The van der Waals surface area contributed by atoms with Crippen molar-refractivity contribution in [2.24, 2.45) is 41.4 Å². The summed E-state index contributed by atoms with van der Waals surface area (Å²) in [6.45, 7) is 22.2. The molecule has 2 saturated carbocycles. The number of aliphatic hydroxyl groups excluding tert-OH is 1. The third-order valence-corrected chi connectivity index (χ3v) is 22.1. The molecule has 6 N–H and O–H groups in total. The van der Waals surface area contributed by atoms with Crippen LogP contribution in [0.3, 0.4) is 0 Å². The molecule has 0 bridgehead atoms. The first-order chi connectivity index (χ1) is 50.6. The Morgan fingerprint density at radius 2 is 1.06 bits per heavy atom. The largest absolute Gasteiger partial charge is 0.391 e. The molecule has 4 fully saturated rings. The molecule has 4 rings (SSSR count). The quantitative estimate of drug-likeness (QED) is 0.0922. The van der Waals surface area contributed by atoms with E-state index in [2.05, 4.69) is 26.6 Å². The minimum absolute atomic E-state index is 0.00405. The van der Waals surface area contributed by atoms with Crippen molar-refractivity contribution in [2.45, 2.75) is 291 Å². The molecule has 4 aliphatic rings. The van der Waals surface area contributed by atoms with Gasteiger partial charge in [0.25, 0.3) is 0 Å². The van der Waals surface area contributed by atoms with Crippen LogP contribution in [0.1, 0.15) is 218 Å². The number of nitrogens with zero attached hydrogens (tertiary/aromatic N) is 8. The SMILES string of the molecule is CCCCN1CC(=O)N(C)[C@@H](CC2CCCCC2)C(=O)N(C)[C@@H](CC(C)C)C(=O)N[C@@H](COC(C)(C)C)C(=O)N(C)[C@@H](CC(C)C)C(=O)N[C@H](C(=O)N2CCCCC2)CC(=O)N(C)CC(=O)N(C)[C@@H](CCC2CCC(C(=O)NC)C(OC)C2)C(=O)N[C@@H](C(C)C)C(=O)N(C)[C@@H](CC(C)C)C(=O)N[C@@H]([C@@H](C)O)C1=O. The Morgan fingerprint density at radius 3 is 1.57 bits per heavy atom. The molecule has 0 aromatic carbocycles. The van der Waals surface area contributed by atoms with Gasteiger partial charge in [0.1, 0.15) is 54.4 Å². The molecule has 2 heterocycles. The van der Waals surface area contributed by atoms with Crippen LogP contribution in [0.5, 0.6) is 0 Å². The van der Waals surface area contributed by atoms with Gasteiger partial charge in [0.15, 0.2) is 0 Å². The van der Waals surface area contributed by atoms with Crippen molar-refractivity contribution in [2.75, 3.05) is 95.8 Å². The van der Waals surface area contributed by atoms with E-state index in [1.54, 1.807) is 46.6 Å². The second-order valence-electron chi connectivity index (χ2n) is 33.8. The van der Waals surface area contributed by atoms with Gasteiger partial charge in [-0.05, 0) is 147 Å². The molecule has 29 heteroatoms. The molecule has 2 aliphatic carbocycles. The summed E-state index contributed by atoms with van der Waals surface area (Å²) in [5.74, 6) is -10.4. The van der Waals surface area contributed by atoms with E-state index >= 15 is 43.2 Å². The molecule has 108 heavy (non-hydrogen) atoms. The monoisotopic (exact) mass is 1530 g/mol. The van der Waals surface area contributed by atoms with E-state index in [9.17, 15) is 24.3 Å². The van der Waals surface area contributed by atoms with Crippen LogP contribution in [-0.4, -0.2) is 289 Å². The zero-order chi connectivity index (χ0) is 81.4. The van der Waals surface area contributed by atoms with Gasteiger partial charge >= 0.3 is 0 Å². The molecule has 29 nitrogen and oxygen atoms in total. The van der Waals surface area contributed by atoms with E-state index < -0.39 is 174 Å². The van der Waals surface area contributed by atoms with Gasteiger partial charge in [-0.2, -0.15) is 0 Å². The summed E-state index contributed by atoms with van der Waals surface area (Å²) in [5.41, 5.74) is -0.853. The molecule has 2 aliphatic heterocycles. The van der Waals surface area contributed by atoms with Crippen LogP contribution in [0.25, 0.3) is 0 Å². The van der Waals surface area contributed by atoms with Crippen LogP contribution >= 0.6 is 0 Å². The Bertz CT molecular complexity index is 3000. The number of amides is 13. The molecule has 0 aromatic heterocycles. The summed E-state index contributed by atoms with van der Waals surface area (Å²) in [4.78, 5) is 205. The number of unbranched alkanes of at least 4 members (excludes halogenated alkanes) is 1. The first kappa shape index (κ1) is 93.4. The second-order valence-corrected chi connectivity index (χ2v) is 33.8. The van der Waals surface area contributed by atoms with Crippen molar-refractivity contribution in [3.05, 3.63) is 0 Å². The van der Waals surface area contributed by atoms with E-state index in [1.165, 1.54) is 85.7 Å². The number of carbonyl (C=O) groups excluding carboxylic acids is 13. The molecular formula is C79H139N13O16. The smallest absolute Gasteiger partial charge is 0.248 e. The van der Waals surface area contributed by atoms with Crippen LogP contribution in [0.4, 0.5) is 0 Å². The maximum absolute atomic E-state index is 15.6. The van der Waals surface area contributed by atoms with Crippen molar-refractivity contribution in [1.82, 2.24) is 65.8 Å². The lowest BCUT2D eigenvalue weighted by Gasteiger charge is -2.39. The van der Waals surface area contributed by atoms with Crippen LogP contribution in [0.2, 0.25) is 0 Å². The van der Waals surface area contributed by atoms with Crippen molar-refractivity contribution in [3.63, 3.8) is 0 Å². The number of methoxy groups -OCH3 is 1. The number of rotatable bonds is 21. The average Bonchev–Trinajstić information content (AvgIpc) is 0.820. The zero-order valence-electron chi connectivity index (χ0n) is 69.4. The maximum atomic E-state index is 15.6. The third kappa shape index (κ3) is 27.8. The summed E-state index contributed by atoms with van der Waals surface area (Å²) in [6, 6.07) is -12.2. The van der Waals surface area contributed by atoms with Gasteiger partial charge in [-0.25, -0.2) is 0 Å². The molecular weight excluding hydrogens is 1390 g/mol. The fraction of sp³-hybridized carbons (Fsp3) is 0.835. The average molecular weight is 1530 g/mol. The van der Waals surface area contributed by atoms with Crippen LogP contribution in [0.15, 0.2) is 0 Å². The summed E-state index contributed by atoms with van der Waals surface area (Å²) in [6.07, 6.45) is 7.32. The number of likely N-dealkylation sites (N-methyl/N-ethyl adjacent to an activating group) is 6. The lowest BCUT2D eigenvalue weighted by atomic mass is 9.77. The maximum Gasteiger partial charge on any atom is 0.248 e. The van der Waals surface area contributed by atoms with Crippen LogP contribution in [-0.2, 0) is 71.8 Å². The highest BCUT2D eigenvalue weighted by molar-refractivity contribution is 6.00. The molecule has 616 valence electrons. The van der Waals surface area contributed by atoms with E-state index in [4.69, 9.17) is 9.47 Å². The van der Waals surface area contributed by atoms with Gasteiger partial charge in [-0.15, -0.1) is 0 Å². The van der Waals surface area contributed by atoms with E-state index in [0.29, 0.717) is 64.5 Å². The second kappa shape index (κ2) is 44.1. The fourth-order valence-corrected chi connectivity index (χ4v) is 15.2. The highest BCUT2D eigenvalue weighted by atomic mass is 16.5. The molecule has 13 atom stereocenters. The van der Waals surface area contributed by atoms with Crippen molar-refractivity contribution in [3.8, 4) is 0 Å². The van der Waals surface area contributed by atoms with Crippen LogP contribution in [0, 0.1) is 41.4 Å². The highest BCUT2D eigenvalue weighted by Crippen LogP contribution is 2.35. The van der Waals surface area contributed by atoms with Crippen molar-refractivity contribution in [1.29, 1.82) is 0 Å². The van der Waals surface area contributed by atoms with Gasteiger partial charge < -0.3 is 80.4 Å². The molecule has 0 radical (unpaired) electrons. The first-order valence-electron chi connectivity index (χ1n) is 40.0. The number of ether oxygens (including phenoxy) is 2. The van der Waals surface area contributed by atoms with Crippen molar-refractivity contribution < 1.29 is 76.9 Å². The van der Waals surface area contributed by atoms with Gasteiger partial charge in [0, 0.05) is 76.1 Å². The van der Waals surface area contributed by atoms with Gasteiger partial charge in [0.2, 0.25) is 76.8 Å². The lowest BCUT2D eigenvalue weighted by Crippen LogP contribution is -2.62. The van der Waals surface area contributed by atoms with Gasteiger partial charge in [-0.3, -0.25) is 62.3 Å². The Balaban J connectivity index is 1.99. The van der Waals surface area contributed by atoms with Crippen molar-refractivity contribution >= 4 is 76.8 Å². The minimum Gasteiger partial charge on any atom is -0.391 e. The zero-order valence-corrected chi connectivity index (χ0v) is 69.4. The number of aliphatic hydroxyl groups is 1. The standard InChI is InChI=1S/C79H139N13O16/c1-22-23-36-92-46-66(96)87(17)62(42-53-30-26-24-27-31-53)76(104)89(19)60(40-49(4)5)72(100)82-57(47-108-79(11,12)13)74(102)88(18)59(39-48(2)3)71(99)81-56(75(103)91-37-28-25-29-38-91)44-64(94)85(15)45-65(95)86(16)58(35-33-54-32-34-55(69(97)80-14)63(43-54)107-21)70(98)83-67(51(8)9)77(105)90(20)61(41-50(6)7)73(101)84-68(52(10)93)78(92)106/h48-63,67-68,93H,22-47H2,1-21H3,(H,80,97)(H,81,99)(H,82,100)(H,83,98)(H,84,101)/t52-,54?,55?,56+,57+,58+,59+,60+,61+,62+,63?,67+,68+/m1/s1. The topological polar surface area (TPSA) is 347 Å². The highest BCUT2D eigenvalue weighted by Gasteiger charge is 2.45. The molecule has 3 unspecified atom stereocenters. The Labute approximate surface area is 644 Å². The van der Waals surface area contributed by atoms with Crippen LogP contribution < -0.4 is 26.6 Å². The normalized spacial score (nSPS) is 27.5. The number of piperidine rings is 1. The van der Waals surface area contributed by atoms with E-state index in [-0.39, 0.29) is 80.8 Å². The van der Waals surface area contributed by atoms with E-state index in [0.717, 1.165) is 43.4 Å². The third-order valence-electron chi connectivity index (χ3n) is 22.1. The molecule has 2 saturated heterocycles. The number of carbonyl (C=O) groups is 13. The Kier molecular flexibility index (Phi) is 38.2. The Hall–Kier alpha value is -7.01. The predicted molar refractivity (Wildman–Crippen MR) is 411 cm³/mol. The number of likely N-dealkylation sites (tertiary alicyclic amines) is 1. The first-order valence-corrected chi connectivity index (χ1v) is 40.0. The summed E-state index contributed by atoms with van der Waals surface area (Å²) < 4.78 is 12.1. The summed E-state index contributed by atoms with van der Waals surface area (Å²) in [7, 11) is 11.7. The lowest BCUT2D eigenvalue weighted by molar-refractivity contribution is -0.152. The van der Waals surface area contributed by atoms with Gasteiger partial charge in [0.05, 0.1) is 49.8 Å². The van der Waals surface area contributed by atoms with E-state index in [1.807, 2.05) is 48.5 Å². The van der Waals surface area contributed by atoms with Gasteiger partial charge in [-0.1, -0.05) is 101 Å². The predicted octanol–water partition coefficient (Wildman–Crippen LogP) is 4.48. The summed E-state index contributed by atoms with van der Waals surface area (Å²) in [5, 5.41) is 25.7. The summed E-state index contributed by atoms with van der Waals surface area (Å²) >= 11 is 0. The molecule has 0 aromatic rings. The fourth-order valence-electron chi connectivity index (χ4n) is 15.2. The number of hydrogen-bond donors (Lipinski definition) is 6. The number of nitrogens with one attached hydrogen (secondary N) is 5. The minimum atomic E-state index is -1.65. The number of hydrogen-bond acceptors (Lipinski definition) is 16.